The number of amides is 1. The molecule has 3 aromatic carbocycles. The summed E-state index contributed by atoms with van der Waals surface area (Å²) in [6.07, 6.45) is 0.554. The van der Waals surface area contributed by atoms with Gasteiger partial charge in [-0.15, -0.1) is 0 Å². The molecular formula is C29H30ClN3O3. The second kappa shape index (κ2) is 11.1. The lowest BCUT2D eigenvalue weighted by molar-refractivity contribution is 0.0579. The summed E-state index contributed by atoms with van der Waals surface area (Å²) in [5.74, 6) is 0.340. The number of rotatable bonds is 8. The normalized spacial score (nSPS) is 12.0. The predicted octanol–water partition coefficient (Wildman–Crippen LogP) is 5.90. The first kappa shape index (κ1) is 25.6. The van der Waals surface area contributed by atoms with Gasteiger partial charge in [-0.05, 0) is 79.9 Å². The van der Waals surface area contributed by atoms with Gasteiger partial charge in [-0.25, -0.2) is 4.98 Å². The fraction of sp³-hybridized carbons (Fsp3) is 0.276. The maximum atomic E-state index is 13.9. The third-order valence-corrected chi connectivity index (χ3v) is 6.75. The Morgan fingerprint density at radius 3 is 2.44 bits per heavy atom. The monoisotopic (exact) mass is 503 g/mol. The van der Waals surface area contributed by atoms with Gasteiger partial charge in [-0.1, -0.05) is 36.7 Å². The highest BCUT2D eigenvalue weighted by Gasteiger charge is 2.29. The topological polar surface area (TPSA) is 64.4 Å². The van der Waals surface area contributed by atoms with Crippen LogP contribution in [0.5, 0.6) is 0 Å². The van der Waals surface area contributed by atoms with Gasteiger partial charge in [0.05, 0.1) is 29.2 Å². The molecule has 0 N–H and O–H groups in total. The summed E-state index contributed by atoms with van der Waals surface area (Å²) in [6, 6.07) is 19.6. The van der Waals surface area contributed by atoms with Crippen molar-refractivity contribution in [2.45, 2.75) is 33.2 Å². The highest BCUT2D eigenvalue weighted by atomic mass is 35.5. The molecular weight excluding hydrogens is 474 g/mol. The summed E-state index contributed by atoms with van der Waals surface area (Å²) < 4.78 is 6.99. The molecule has 1 atom stereocenters. The molecule has 36 heavy (non-hydrogen) atoms. The second-order valence-corrected chi connectivity index (χ2v) is 9.25. The lowest BCUT2D eigenvalue weighted by atomic mass is 10.1. The third kappa shape index (κ3) is 5.06. The van der Waals surface area contributed by atoms with Crippen LogP contribution in [0.25, 0.3) is 16.6 Å². The number of nitrogens with zero attached hydrogens (tertiary/aromatic N) is 3. The fourth-order valence-electron chi connectivity index (χ4n) is 4.38. The van der Waals surface area contributed by atoms with E-state index in [4.69, 9.17) is 21.3 Å². The van der Waals surface area contributed by atoms with Crippen LogP contribution < -0.4 is 5.56 Å². The van der Waals surface area contributed by atoms with Crippen molar-refractivity contribution in [3.05, 3.63) is 105 Å². The van der Waals surface area contributed by atoms with Crippen LogP contribution in [-0.4, -0.2) is 40.6 Å². The Bertz CT molecular complexity index is 1450. The van der Waals surface area contributed by atoms with E-state index in [1.165, 1.54) is 0 Å². The number of aromatic nitrogens is 2. The Labute approximate surface area is 216 Å². The molecule has 0 aliphatic carbocycles. The zero-order chi connectivity index (χ0) is 25.8. The van der Waals surface area contributed by atoms with Crippen LogP contribution in [0.4, 0.5) is 0 Å². The average Bonchev–Trinajstić information content (AvgIpc) is 2.88. The van der Waals surface area contributed by atoms with Gasteiger partial charge in [-0.2, -0.15) is 0 Å². The third-order valence-electron chi connectivity index (χ3n) is 6.50. The van der Waals surface area contributed by atoms with Gasteiger partial charge in [0, 0.05) is 24.2 Å². The van der Waals surface area contributed by atoms with E-state index in [1.807, 2.05) is 57.2 Å². The standard InChI is InChI=1S/C29H30ClN3O3/c1-5-26(32(16-17-36-4)28(34)21-11-13-22(30)14-12-21)27-31-25-9-7-6-8-24(25)29(35)33(27)23-15-10-19(2)20(3)18-23/h6-15,18,26H,5,16-17H2,1-4H3. The number of benzene rings is 3. The molecule has 4 aromatic rings. The number of para-hydroxylation sites is 1. The van der Waals surface area contributed by atoms with Crippen LogP contribution in [0.15, 0.2) is 71.5 Å². The van der Waals surface area contributed by atoms with Gasteiger partial charge < -0.3 is 9.64 Å². The lowest BCUT2D eigenvalue weighted by Crippen LogP contribution is -2.40. The van der Waals surface area contributed by atoms with Crippen molar-refractivity contribution in [1.82, 2.24) is 14.5 Å². The van der Waals surface area contributed by atoms with E-state index in [0.29, 0.717) is 46.9 Å². The molecule has 0 fully saturated rings. The smallest absolute Gasteiger partial charge is 0.266 e. The van der Waals surface area contributed by atoms with Crippen molar-refractivity contribution >= 4 is 28.4 Å². The number of fused-ring (bicyclic) bond motifs is 1. The number of carbonyl (C=O) groups excluding carboxylic acids is 1. The summed E-state index contributed by atoms with van der Waals surface area (Å²) in [6.45, 7) is 6.73. The molecule has 7 heteroatoms. The van der Waals surface area contributed by atoms with Crippen LogP contribution in [0, 0.1) is 13.8 Å². The first-order valence-electron chi connectivity index (χ1n) is 12.0. The maximum Gasteiger partial charge on any atom is 0.266 e. The quantitative estimate of drug-likeness (QED) is 0.300. The number of halogens is 1. The Kier molecular flexibility index (Phi) is 7.87. The van der Waals surface area contributed by atoms with E-state index in [0.717, 1.165) is 16.8 Å². The van der Waals surface area contributed by atoms with Crippen LogP contribution in [0.1, 0.15) is 46.7 Å². The van der Waals surface area contributed by atoms with Crippen molar-refractivity contribution in [3.63, 3.8) is 0 Å². The van der Waals surface area contributed by atoms with E-state index in [9.17, 15) is 9.59 Å². The predicted molar refractivity (Wildman–Crippen MR) is 144 cm³/mol. The largest absolute Gasteiger partial charge is 0.383 e. The molecule has 6 nitrogen and oxygen atoms in total. The van der Waals surface area contributed by atoms with E-state index in [2.05, 4.69) is 0 Å². The summed E-state index contributed by atoms with van der Waals surface area (Å²) in [4.78, 5) is 34.3. The van der Waals surface area contributed by atoms with Crippen molar-refractivity contribution in [2.75, 3.05) is 20.3 Å². The highest BCUT2D eigenvalue weighted by molar-refractivity contribution is 6.30. The van der Waals surface area contributed by atoms with Crippen LogP contribution in [0.3, 0.4) is 0 Å². The molecule has 186 valence electrons. The molecule has 1 unspecified atom stereocenters. The maximum absolute atomic E-state index is 13.9. The highest BCUT2D eigenvalue weighted by Crippen LogP contribution is 2.28. The molecule has 0 aliphatic heterocycles. The molecule has 1 amide bonds. The number of hydrogen-bond acceptors (Lipinski definition) is 4. The average molecular weight is 504 g/mol. The van der Waals surface area contributed by atoms with Crippen molar-refractivity contribution < 1.29 is 9.53 Å². The van der Waals surface area contributed by atoms with Crippen molar-refractivity contribution in [3.8, 4) is 5.69 Å². The molecule has 0 radical (unpaired) electrons. The molecule has 4 rings (SSSR count). The summed E-state index contributed by atoms with van der Waals surface area (Å²) in [5.41, 5.74) is 3.87. The Hall–Kier alpha value is -3.48. The molecule has 0 spiro atoms. The molecule has 1 aromatic heterocycles. The number of ether oxygens (including phenoxy) is 1. The Morgan fingerprint density at radius 1 is 1.06 bits per heavy atom. The summed E-state index contributed by atoms with van der Waals surface area (Å²) in [7, 11) is 1.60. The van der Waals surface area contributed by atoms with Gasteiger partial charge >= 0.3 is 0 Å². The molecule has 0 saturated carbocycles. The fourth-order valence-corrected chi connectivity index (χ4v) is 4.50. The van der Waals surface area contributed by atoms with Gasteiger partial charge in [0.1, 0.15) is 5.82 Å². The molecule has 0 saturated heterocycles. The molecule has 1 heterocycles. The summed E-state index contributed by atoms with van der Waals surface area (Å²) in [5, 5.41) is 1.09. The van der Waals surface area contributed by atoms with Crippen LogP contribution in [-0.2, 0) is 4.74 Å². The van der Waals surface area contributed by atoms with Gasteiger partial charge in [0.25, 0.3) is 11.5 Å². The van der Waals surface area contributed by atoms with Gasteiger partial charge in [0.2, 0.25) is 0 Å². The van der Waals surface area contributed by atoms with Crippen molar-refractivity contribution in [2.24, 2.45) is 0 Å². The zero-order valence-electron chi connectivity index (χ0n) is 21.0. The minimum atomic E-state index is -0.470. The second-order valence-electron chi connectivity index (χ2n) is 8.82. The molecule has 0 aliphatic rings. The van der Waals surface area contributed by atoms with E-state index >= 15 is 0 Å². The number of carbonyl (C=O) groups is 1. The Morgan fingerprint density at radius 2 is 1.78 bits per heavy atom. The minimum absolute atomic E-state index is 0.164. The van der Waals surface area contributed by atoms with E-state index in [-0.39, 0.29) is 11.5 Å². The zero-order valence-corrected chi connectivity index (χ0v) is 21.7. The lowest BCUT2D eigenvalue weighted by Gasteiger charge is -2.32. The first-order valence-corrected chi connectivity index (χ1v) is 12.4. The summed E-state index contributed by atoms with van der Waals surface area (Å²) >= 11 is 6.06. The van der Waals surface area contributed by atoms with Crippen LogP contribution >= 0.6 is 11.6 Å². The minimum Gasteiger partial charge on any atom is -0.383 e. The van der Waals surface area contributed by atoms with Gasteiger partial charge in [0.15, 0.2) is 0 Å². The first-order chi connectivity index (χ1) is 17.3. The number of hydrogen-bond donors (Lipinski definition) is 0. The number of methoxy groups -OCH3 is 1. The van der Waals surface area contributed by atoms with Crippen molar-refractivity contribution in [1.29, 1.82) is 0 Å². The number of aryl methyl sites for hydroxylation is 2. The molecule has 0 bridgehead atoms. The van der Waals surface area contributed by atoms with E-state index in [1.54, 1.807) is 46.9 Å². The van der Waals surface area contributed by atoms with Gasteiger partial charge in [-0.3, -0.25) is 14.2 Å². The Balaban J connectivity index is 1.95. The van der Waals surface area contributed by atoms with E-state index < -0.39 is 6.04 Å². The van der Waals surface area contributed by atoms with Crippen LogP contribution in [0.2, 0.25) is 5.02 Å². The SMILES string of the molecule is CCC(c1nc2ccccc2c(=O)n1-c1ccc(C)c(C)c1)N(CCOC)C(=O)c1ccc(Cl)cc1.